The molecule has 17 heavy (non-hydrogen) atoms. The molecule has 0 aliphatic rings. The van der Waals surface area contributed by atoms with E-state index in [9.17, 15) is 4.79 Å². The summed E-state index contributed by atoms with van der Waals surface area (Å²) in [7, 11) is 0. The van der Waals surface area contributed by atoms with Crippen LogP contribution in [-0.4, -0.2) is 28.2 Å². The number of anilines is 1. The summed E-state index contributed by atoms with van der Waals surface area (Å²) in [6.45, 7) is 4.96. The molecule has 1 unspecified atom stereocenters. The van der Waals surface area contributed by atoms with Crippen LogP contribution in [0.15, 0.2) is 10.9 Å². The Bertz CT molecular complexity index is 390. The fourth-order valence-electron chi connectivity index (χ4n) is 1.52. The molecule has 1 heterocycles. The second-order valence-corrected chi connectivity index (χ2v) is 4.29. The number of hydrogen-bond acceptors (Lipinski definition) is 4. The predicted octanol–water partition coefficient (Wildman–Crippen LogP) is 1.15. The van der Waals surface area contributed by atoms with Crippen molar-refractivity contribution in [1.29, 1.82) is 0 Å². The van der Waals surface area contributed by atoms with Gasteiger partial charge in [0.15, 0.2) is 0 Å². The Morgan fingerprint density at radius 3 is 3.00 bits per heavy atom. The number of hydrogen-bond donors (Lipinski definition) is 3. The molecular weight excluding hydrogens is 218 g/mol. The summed E-state index contributed by atoms with van der Waals surface area (Å²) >= 11 is 0. The molecule has 5 heteroatoms. The third-order valence-corrected chi connectivity index (χ3v) is 2.62. The molecule has 0 saturated heterocycles. The van der Waals surface area contributed by atoms with Gasteiger partial charge in [-0.1, -0.05) is 13.8 Å². The van der Waals surface area contributed by atoms with Gasteiger partial charge >= 0.3 is 0 Å². The zero-order chi connectivity index (χ0) is 12.7. The lowest BCUT2D eigenvalue weighted by Gasteiger charge is -2.09. The van der Waals surface area contributed by atoms with E-state index in [0.717, 1.165) is 19.4 Å². The average Bonchev–Trinajstić information content (AvgIpc) is 2.33. The van der Waals surface area contributed by atoms with Crippen LogP contribution in [0.3, 0.4) is 0 Å². The first kappa shape index (κ1) is 13.7. The molecule has 0 aliphatic carbocycles. The summed E-state index contributed by atoms with van der Waals surface area (Å²) in [5, 5.41) is 12.0. The molecule has 0 fully saturated rings. The number of aryl methyl sites for hydroxylation is 1. The molecule has 96 valence electrons. The van der Waals surface area contributed by atoms with Gasteiger partial charge in [-0.25, -0.2) is 4.98 Å². The highest BCUT2D eigenvalue weighted by atomic mass is 16.3. The van der Waals surface area contributed by atoms with E-state index in [1.807, 2.05) is 13.8 Å². The van der Waals surface area contributed by atoms with Gasteiger partial charge in [-0.15, -0.1) is 0 Å². The fourth-order valence-corrected chi connectivity index (χ4v) is 1.52. The van der Waals surface area contributed by atoms with Crippen LogP contribution in [-0.2, 0) is 6.42 Å². The Balaban J connectivity index is 2.41. The number of H-pyrrole nitrogens is 1. The maximum atomic E-state index is 11.3. The van der Waals surface area contributed by atoms with E-state index in [-0.39, 0.29) is 12.2 Å². The smallest absolute Gasteiger partial charge is 0.252 e. The molecule has 1 atom stereocenters. The van der Waals surface area contributed by atoms with Crippen LogP contribution < -0.4 is 10.9 Å². The summed E-state index contributed by atoms with van der Waals surface area (Å²) in [5.74, 6) is 1.65. The van der Waals surface area contributed by atoms with E-state index < -0.39 is 0 Å². The normalized spacial score (nSPS) is 12.4. The van der Waals surface area contributed by atoms with Gasteiger partial charge in [0.2, 0.25) is 0 Å². The maximum Gasteiger partial charge on any atom is 0.252 e. The van der Waals surface area contributed by atoms with Gasteiger partial charge in [-0.05, 0) is 18.8 Å². The van der Waals surface area contributed by atoms with Crippen LogP contribution >= 0.6 is 0 Å². The van der Waals surface area contributed by atoms with Gasteiger partial charge in [0.1, 0.15) is 11.6 Å². The number of aliphatic hydroxyl groups excluding tert-OH is 1. The monoisotopic (exact) mass is 239 g/mol. The van der Waals surface area contributed by atoms with Crippen molar-refractivity contribution in [3.05, 3.63) is 22.2 Å². The van der Waals surface area contributed by atoms with Crippen molar-refractivity contribution in [1.82, 2.24) is 9.97 Å². The molecule has 0 bridgehead atoms. The molecule has 1 aromatic heterocycles. The minimum Gasteiger partial charge on any atom is -0.396 e. The number of nitrogens with one attached hydrogen (secondary N) is 2. The Morgan fingerprint density at radius 2 is 2.35 bits per heavy atom. The highest BCUT2D eigenvalue weighted by molar-refractivity contribution is 5.32. The van der Waals surface area contributed by atoms with Crippen molar-refractivity contribution in [3.8, 4) is 0 Å². The van der Waals surface area contributed by atoms with Crippen molar-refractivity contribution >= 4 is 5.82 Å². The van der Waals surface area contributed by atoms with E-state index in [0.29, 0.717) is 24.0 Å². The van der Waals surface area contributed by atoms with Crippen LogP contribution in [0.25, 0.3) is 0 Å². The van der Waals surface area contributed by atoms with E-state index >= 15 is 0 Å². The molecule has 1 rings (SSSR count). The van der Waals surface area contributed by atoms with Crippen LogP contribution in [0.4, 0.5) is 5.82 Å². The highest BCUT2D eigenvalue weighted by Crippen LogP contribution is 2.05. The van der Waals surface area contributed by atoms with Crippen LogP contribution in [0, 0.1) is 5.92 Å². The molecule has 5 nitrogen and oxygen atoms in total. The first-order chi connectivity index (χ1) is 8.15. The highest BCUT2D eigenvalue weighted by Gasteiger charge is 2.01. The zero-order valence-electron chi connectivity index (χ0n) is 10.5. The molecule has 1 aromatic rings. The number of aromatic amines is 1. The van der Waals surface area contributed by atoms with Crippen molar-refractivity contribution in [3.63, 3.8) is 0 Å². The molecule has 0 aromatic carbocycles. The quantitative estimate of drug-likeness (QED) is 0.624. The molecule has 0 spiro atoms. The minimum atomic E-state index is -0.122. The number of aromatic nitrogens is 2. The standard InChI is InChI=1S/C12H21N3O2/c1-3-10-14-11(7-12(17)15-10)13-6-4-5-9(2)8-16/h7,9,16H,3-6,8H2,1-2H3,(H2,13,14,15,17). The number of rotatable bonds is 7. The SMILES string of the molecule is CCc1nc(NCCCC(C)CO)cc(=O)[nH]1. The number of nitrogens with zero attached hydrogens (tertiary/aromatic N) is 1. The predicted molar refractivity (Wildman–Crippen MR) is 68.2 cm³/mol. The van der Waals surface area contributed by atoms with Crippen molar-refractivity contribution < 1.29 is 5.11 Å². The second kappa shape index (κ2) is 7.06. The Morgan fingerprint density at radius 1 is 1.59 bits per heavy atom. The van der Waals surface area contributed by atoms with Crippen LogP contribution in [0.2, 0.25) is 0 Å². The fraction of sp³-hybridized carbons (Fsp3) is 0.667. The van der Waals surface area contributed by atoms with E-state index in [2.05, 4.69) is 15.3 Å². The van der Waals surface area contributed by atoms with Gasteiger partial charge in [0.25, 0.3) is 5.56 Å². The van der Waals surface area contributed by atoms with Crippen molar-refractivity contribution in [2.75, 3.05) is 18.5 Å². The van der Waals surface area contributed by atoms with Gasteiger partial charge in [-0.3, -0.25) is 4.79 Å². The summed E-state index contributed by atoms with van der Waals surface area (Å²) in [6, 6.07) is 1.47. The first-order valence-corrected chi connectivity index (χ1v) is 6.10. The van der Waals surface area contributed by atoms with Gasteiger partial charge in [0.05, 0.1) is 0 Å². The molecule has 0 amide bonds. The van der Waals surface area contributed by atoms with E-state index in [4.69, 9.17) is 5.11 Å². The van der Waals surface area contributed by atoms with Gasteiger partial charge in [-0.2, -0.15) is 0 Å². The van der Waals surface area contributed by atoms with Gasteiger partial charge in [0, 0.05) is 25.6 Å². The third-order valence-electron chi connectivity index (χ3n) is 2.62. The summed E-state index contributed by atoms with van der Waals surface area (Å²) in [5.41, 5.74) is -0.122. The average molecular weight is 239 g/mol. The van der Waals surface area contributed by atoms with Crippen molar-refractivity contribution in [2.45, 2.75) is 33.1 Å². The lowest BCUT2D eigenvalue weighted by Crippen LogP contribution is -2.14. The van der Waals surface area contributed by atoms with Crippen LogP contribution in [0.5, 0.6) is 0 Å². The molecule has 3 N–H and O–H groups in total. The van der Waals surface area contributed by atoms with E-state index in [1.165, 1.54) is 6.07 Å². The minimum absolute atomic E-state index is 0.122. The zero-order valence-corrected chi connectivity index (χ0v) is 10.5. The number of aliphatic hydroxyl groups is 1. The summed E-state index contributed by atoms with van der Waals surface area (Å²) in [6.07, 6.45) is 2.64. The lowest BCUT2D eigenvalue weighted by atomic mass is 10.1. The topological polar surface area (TPSA) is 78.0 Å². The van der Waals surface area contributed by atoms with Crippen molar-refractivity contribution in [2.24, 2.45) is 5.92 Å². The molecule has 0 saturated carbocycles. The largest absolute Gasteiger partial charge is 0.396 e. The molecule has 0 radical (unpaired) electrons. The molecular formula is C12H21N3O2. The molecule has 0 aliphatic heterocycles. The third kappa shape index (κ3) is 4.99. The van der Waals surface area contributed by atoms with Gasteiger partial charge < -0.3 is 15.4 Å². The first-order valence-electron chi connectivity index (χ1n) is 6.10. The lowest BCUT2D eigenvalue weighted by molar-refractivity contribution is 0.229. The summed E-state index contributed by atoms with van der Waals surface area (Å²) < 4.78 is 0. The van der Waals surface area contributed by atoms with E-state index in [1.54, 1.807) is 0 Å². The maximum absolute atomic E-state index is 11.3. The Hall–Kier alpha value is -1.36. The van der Waals surface area contributed by atoms with Crippen LogP contribution in [0.1, 0.15) is 32.5 Å². The second-order valence-electron chi connectivity index (χ2n) is 4.29. The Labute approximate surface area is 101 Å². The summed E-state index contributed by atoms with van der Waals surface area (Å²) in [4.78, 5) is 18.2. The Kier molecular flexibility index (Phi) is 5.69.